The van der Waals surface area contributed by atoms with Gasteiger partial charge in [0.05, 0.1) is 16.4 Å². The number of hydrogen-bond acceptors (Lipinski definition) is 2. The Morgan fingerprint density at radius 3 is 2.41 bits per heavy atom. The van der Waals surface area contributed by atoms with Gasteiger partial charge in [-0.1, -0.05) is 31.5 Å². The van der Waals surface area contributed by atoms with Crippen LogP contribution in [-0.4, -0.2) is 6.04 Å². The molecule has 0 heterocycles. The van der Waals surface area contributed by atoms with E-state index < -0.39 is 0 Å². The number of halogens is 1. The van der Waals surface area contributed by atoms with Gasteiger partial charge in [-0.05, 0) is 43.2 Å². The molecule has 1 aromatic rings. The van der Waals surface area contributed by atoms with Crippen molar-refractivity contribution in [3.05, 3.63) is 23.2 Å². The second kappa shape index (κ2) is 5.18. The number of nitrogen functional groups attached to an aromatic ring is 1. The Kier molecular flexibility index (Phi) is 3.82. The maximum Gasteiger partial charge on any atom is 0.0765 e. The third-order valence-corrected chi connectivity index (χ3v) is 3.89. The predicted octanol–water partition coefficient (Wildman–Crippen LogP) is 4.16. The van der Waals surface area contributed by atoms with Crippen LogP contribution in [-0.2, 0) is 0 Å². The Morgan fingerprint density at radius 1 is 1.18 bits per heavy atom. The highest BCUT2D eigenvalue weighted by atomic mass is 35.5. The lowest BCUT2D eigenvalue weighted by Gasteiger charge is -2.33. The van der Waals surface area contributed by atoms with Crippen molar-refractivity contribution >= 4 is 23.0 Å². The quantitative estimate of drug-likeness (QED) is 0.776. The van der Waals surface area contributed by atoms with Crippen LogP contribution in [0, 0.1) is 11.8 Å². The number of nitrogens with one attached hydrogen (secondary N) is 1. The maximum absolute atomic E-state index is 6.18. The summed E-state index contributed by atoms with van der Waals surface area (Å²) in [6.45, 7) is 4.64. The number of nitrogens with two attached hydrogens (primary N) is 1. The molecule has 0 bridgehead atoms. The van der Waals surface area contributed by atoms with Gasteiger partial charge in [-0.2, -0.15) is 0 Å². The van der Waals surface area contributed by atoms with Crippen LogP contribution >= 0.6 is 11.6 Å². The molecule has 2 unspecified atom stereocenters. The van der Waals surface area contributed by atoms with Crippen LogP contribution in [0.15, 0.2) is 18.2 Å². The van der Waals surface area contributed by atoms with Crippen LogP contribution in [0.3, 0.4) is 0 Å². The first-order valence-corrected chi connectivity index (χ1v) is 6.74. The van der Waals surface area contributed by atoms with Gasteiger partial charge in [-0.3, -0.25) is 0 Å². The molecule has 3 N–H and O–H groups in total. The zero-order chi connectivity index (χ0) is 12.4. The molecule has 0 saturated heterocycles. The second-order valence-corrected chi connectivity index (χ2v) is 5.87. The molecule has 2 nitrogen and oxygen atoms in total. The third-order valence-electron chi connectivity index (χ3n) is 3.57. The highest BCUT2D eigenvalue weighted by Gasteiger charge is 2.24. The summed E-state index contributed by atoms with van der Waals surface area (Å²) in [5, 5.41) is 4.24. The van der Waals surface area contributed by atoms with Gasteiger partial charge < -0.3 is 11.1 Å². The minimum atomic E-state index is 0.496. The first-order valence-electron chi connectivity index (χ1n) is 6.36. The topological polar surface area (TPSA) is 38.0 Å². The highest BCUT2D eigenvalue weighted by Crippen LogP contribution is 2.34. The van der Waals surface area contributed by atoms with Crippen molar-refractivity contribution in [2.24, 2.45) is 11.8 Å². The van der Waals surface area contributed by atoms with Crippen LogP contribution < -0.4 is 11.1 Å². The second-order valence-electron chi connectivity index (χ2n) is 5.46. The minimum Gasteiger partial charge on any atom is -0.397 e. The van der Waals surface area contributed by atoms with Gasteiger partial charge in [-0.25, -0.2) is 0 Å². The molecule has 94 valence electrons. The fourth-order valence-corrected chi connectivity index (χ4v) is 3.20. The molecule has 0 aromatic heterocycles. The summed E-state index contributed by atoms with van der Waals surface area (Å²) >= 11 is 6.18. The van der Waals surface area contributed by atoms with E-state index in [0.29, 0.717) is 6.04 Å². The summed E-state index contributed by atoms with van der Waals surface area (Å²) in [5.41, 5.74) is 7.60. The zero-order valence-electron chi connectivity index (χ0n) is 10.5. The maximum atomic E-state index is 6.18. The standard InChI is InChI=1S/C14H21ClN2/c1-9-6-10(2)8-11(7-9)17-14-12(15)4-3-5-13(14)16/h3-5,9-11,17H,6-8,16H2,1-2H3. The van der Waals surface area contributed by atoms with Crippen molar-refractivity contribution in [3.8, 4) is 0 Å². The molecule has 2 atom stereocenters. The molecule has 1 fully saturated rings. The lowest BCUT2D eigenvalue weighted by Crippen LogP contribution is -2.30. The van der Waals surface area contributed by atoms with Gasteiger partial charge >= 0.3 is 0 Å². The molecule has 0 aliphatic heterocycles. The largest absolute Gasteiger partial charge is 0.397 e. The van der Waals surface area contributed by atoms with E-state index in [2.05, 4.69) is 19.2 Å². The fourth-order valence-electron chi connectivity index (χ4n) is 2.96. The summed E-state index contributed by atoms with van der Waals surface area (Å²) in [6.07, 6.45) is 3.74. The van der Waals surface area contributed by atoms with Crippen LogP contribution in [0.5, 0.6) is 0 Å². The van der Waals surface area contributed by atoms with E-state index in [4.69, 9.17) is 17.3 Å². The van der Waals surface area contributed by atoms with Crippen molar-refractivity contribution in [1.29, 1.82) is 0 Å². The average Bonchev–Trinajstić information content (AvgIpc) is 2.22. The Labute approximate surface area is 109 Å². The van der Waals surface area contributed by atoms with Gasteiger partial charge in [0, 0.05) is 6.04 Å². The van der Waals surface area contributed by atoms with Crippen LogP contribution in [0.4, 0.5) is 11.4 Å². The summed E-state index contributed by atoms with van der Waals surface area (Å²) < 4.78 is 0. The average molecular weight is 253 g/mol. The van der Waals surface area contributed by atoms with Gasteiger partial charge in [0.2, 0.25) is 0 Å². The smallest absolute Gasteiger partial charge is 0.0765 e. The number of anilines is 2. The van der Waals surface area contributed by atoms with Crippen molar-refractivity contribution in [1.82, 2.24) is 0 Å². The molecule has 3 heteroatoms. The number of para-hydroxylation sites is 1. The van der Waals surface area contributed by atoms with Crippen LogP contribution in [0.2, 0.25) is 5.02 Å². The molecule has 0 spiro atoms. The van der Waals surface area contributed by atoms with Gasteiger partial charge in [0.15, 0.2) is 0 Å². The Bertz CT molecular complexity index is 362. The molecule has 0 radical (unpaired) electrons. The molecule has 17 heavy (non-hydrogen) atoms. The van der Waals surface area contributed by atoms with Crippen molar-refractivity contribution in [2.45, 2.75) is 39.2 Å². The van der Waals surface area contributed by atoms with Gasteiger partial charge in [0.1, 0.15) is 0 Å². The number of benzene rings is 1. The molecular formula is C14H21ClN2. The van der Waals surface area contributed by atoms with Crippen molar-refractivity contribution in [2.75, 3.05) is 11.1 Å². The summed E-state index contributed by atoms with van der Waals surface area (Å²) in [6, 6.07) is 6.16. The van der Waals surface area contributed by atoms with Crippen molar-refractivity contribution in [3.63, 3.8) is 0 Å². The Morgan fingerprint density at radius 2 is 1.82 bits per heavy atom. The molecule has 0 amide bonds. The zero-order valence-corrected chi connectivity index (χ0v) is 11.3. The molecule has 1 saturated carbocycles. The lowest BCUT2D eigenvalue weighted by molar-refractivity contribution is 0.281. The monoisotopic (exact) mass is 252 g/mol. The van der Waals surface area contributed by atoms with Crippen molar-refractivity contribution < 1.29 is 0 Å². The SMILES string of the molecule is CC1CC(C)CC(Nc2c(N)cccc2Cl)C1. The van der Waals surface area contributed by atoms with E-state index in [1.54, 1.807) is 0 Å². The Balaban J connectivity index is 2.10. The minimum absolute atomic E-state index is 0.496. The molecule has 2 rings (SSSR count). The summed E-state index contributed by atoms with van der Waals surface area (Å²) in [5.74, 6) is 1.56. The van der Waals surface area contributed by atoms with Gasteiger partial charge in [0.25, 0.3) is 0 Å². The molecule has 1 aliphatic carbocycles. The van der Waals surface area contributed by atoms with E-state index in [9.17, 15) is 0 Å². The molecule has 1 aromatic carbocycles. The van der Waals surface area contributed by atoms with Gasteiger partial charge in [-0.15, -0.1) is 0 Å². The molecule has 1 aliphatic rings. The number of rotatable bonds is 2. The highest BCUT2D eigenvalue weighted by molar-refractivity contribution is 6.33. The predicted molar refractivity (Wildman–Crippen MR) is 75.5 cm³/mol. The van der Waals surface area contributed by atoms with E-state index >= 15 is 0 Å². The summed E-state index contributed by atoms with van der Waals surface area (Å²) in [4.78, 5) is 0. The Hall–Kier alpha value is -0.890. The first-order chi connectivity index (χ1) is 8.06. The lowest BCUT2D eigenvalue weighted by atomic mass is 9.80. The van der Waals surface area contributed by atoms with Crippen LogP contribution in [0.25, 0.3) is 0 Å². The molecular weight excluding hydrogens is 232 g/mol. The number of hydrogen-bond donors (Lipinski definition) is 2. The fraction of sp³-hybridized carbons (Fsp3) is 0.571. The van der Waals surface area contributed by atoms with E-state index in [1.165, 1.54) is 19.3 Å². The van der Waals surface area contributed by atoms with E-state index in [-0.39, 0.29) is 0 Å². The first kappa shape index (κ1) is 12.6. The van der Waals surface area contributed by atoms with E-state index in [1.807, 2.05) is 18.2 Å². The van der Waals surface area contributed by atoms with Crippen LogP contribution in [0.1, 0.15) is 33.1 Å². The van der Waals surface area contributed by atoms with E-state index in [0.717, 1.165) is 28.2 Å². The normalized spacial score (nSPS) is 29.0. The third kappa shape index (κ3) is 3.06. The summed E-state index contributed by atoms with van der Waals surface area (Å²) in [7, 11) is 0.